The van der Waals surface area contributed by atoms with Crippen LogP contribution in [0.15, 0.2) is 51.5 Å². The second kappa shape index (κ2) is 7.70. The Morgan fingerprint density at radius 2 is 1.82 bits per heavy atom. The standard InChI is InChI=1S/C10H10N.C8H9.2ClH.Ti/c1-7-4-3-5-9-10(7)8(2)6-11-9;1-7(2)8-5-3-4-6-8;;;/h3-5,11H,1-2H3;3-5H,1-2H3;2*1H;/q;;;;+2/p-2. The number of aromatic amines is 1. The van der Waals surface area contributed by atoms with Gasteiger partial charge < -0.3 is 24.8 Å². The molecule has 0 amide bonds. The largest absolute Gasteiger partial charge is 1.00 e. The molecule has 4 heteroatoms. The topological polar surface area (TPSA) is 15.8 Å². The molecule has 0 spiro atoms. The van der Waals surface area contributed by atoms with Gasteiger partial charge in [0.2, 0.25) is 0 Å². The molecule has 1 N–H and O–H groups in total. The van der Waals surface area contributed by atoms with Crippen molar-refractivity contribution in [1.29, 1.82) is 0 Å². The molecule has 0 saturated carbocycles. The number of aromatic nitrogens is 1. The zero-order valence-corrected chi connectivity index (χ0v) is 16.3. The molecule has 1 aliphatic carbocycles. The van der Waals surface area contributed by atoms with Gasteiger partial charge in [-0.1, -0.05) is 0 Å². The summed E-state index contributed by atoms with van der Waals surface area (Å²) in [6.45, 7) is 8.86. The third-order valence-electron chi connectivity index (χ3n) is 3.90. The van der Waals surface area contributed by atoms with Crippen molar-refractivity contribution in [3.05, 3.63) is 62.6 Å². The van der Waals surface area contributed by atoms with E-state index in [0.29, 0.717) is 0 Å². The van der Waals surface area contributed by atoms with Gasteiger partial charge >= 0.3 is 129 Å². The Kier molecular flexibility index (Phi) is 6.76. The van der Waals surface area contributed by atoms with E-state index < -0.39 is 0 Å². The molecule has 0 aliphatic heterocycles. The molecule has 1 nitrogen and oxygen atoms in total. The first-order chi connectivity index (χ1) is 9.58. The molecule has 1 aliphatic rings. The summed E-state index contributed by atoms with van der Waals surface area (Å²) in [6, 6.07) is 6.52. The third kappa shape index (κ3) is 3.44. The molecule has 0 fully saturated rings. The Bertz CT molecular complexity index is 778. The molecule has 1 aromatic carbocycles. The minimum Gasteiger partial charge on any atom is -1.00 e. The molecule has 0 bridgehead atoms. The van der Waals surface area contributed by atoms with E-state index in [4.69, 9.17) is 0 Å². The van der Waals surface area contributed by atoms with Crippen molar-refractivity contribution < 1.29 is 44.0 Å². The smallest absolute Gasteiger partial charge is 1.00 e. The van der Waals surface area contributed by atoms with Crippen molar-refractivity contribution >= 4 is 14.9 Å². The quantitative estimate of drug-likeness (QED) is 0.608. The summed E-state index contributed by atoms with van der Waals surface area (Å²) in [4.78, 5) is 3.66. The number of hydrogen-bond acceptors (Lipinski definition) is 0. The van der Waals surface area contributed by atoms with Crippen LogP contribution in [0.5, 0.6) is 0 Å². The van der Waals surface area contributed by atoms with Crippen LogP contribution in [0.3, 0.4) is 0 Å². The van der Waals surface area contributed by atoms with Crippen LogP contribution < -0.4 is 28.8 Å². The van der Waals surface area contributed by atoms with Gasteiger partial charge in [0, 0.05) is 0 Å². The van der Waals surface area contributed by atoms with Crippen molar-refractivity contribution in [2.45, 2.75) is 27.7 Å². The number of aryl methyl sites for hydroxylation is 2. The van der Waals surface area contributed by atoms with Gasteiger partial charge in [-0.25, -0.2) is 0 Å². The van der Waals surface area contributed by atoms with Crippen molar-refractivity contribution in [2.24, 2.45) is 0 Å². The van der Waals surface area contributed by atoms with Crippen LogP contribution in [-0.2, 0) is 19.2 Å². The van der Waals surface area contributed by atoms with E-state index in [1.807, 2.05) is 0 Å². The first-order valence-corrected chi connectivity index (χ1v) is 8.55. The van der Waals surface area contributed by atoms with E-state index in [0.717, 1.165) is 0 Å². The Labute approximate surface area is 153 Å². The van der Waals surface area contributed by atoms with Crippen LogP contribution in [-0.4, -0.2) is 4.98 Å². The number of nitrogens with one attached hydrogen (secondary N) is 1. The first-order valence-electron chi connectivity index (χ1n) is 6.99. The summed E-state index contributed by atoms with van der Waals surface area (Å²) >= 11 is -0.302. The van der Waals surface area contributed by atoms with Crippen molar-refractivity contribution in [3.8, 4) is 0 Å². The molecule has 0 saturated heterocycles. The molecular formula is C18H19Cl2NTi. The summed E-state index contributed by atoms with van der Waals surface area (Å²) in [6.07, 6.45) is 6.72. The van der Waals surface area contributed by atoms with Gasteiger partial charge in [0.05, 0.1) is 0 Å². The molecular weight excluding hydrogens is 349 g/mol. The summed E-state index contributed by atoms with van der Waals surface area (Å²) in [5.74, 6) is 0. The fraction of sp³-hybridized carbons (Fsp3) is 0.222. The van der Waals surface area contributed by atoms with Gasteiger partial charge in [0.1, 0.15) is 0 Å². The second-order valence-corrected chi connectivity index (χ2v) is 7.61. The monoisotopic (exact) mass is 367 g/mol. The van der Waals surface area contributed by atoms with Crippen molar-refractivity contribution in [3.63, 3.8) is 0 Å². The van der Waals surface area contributed by atoms with Crippen LogP contribution in [0.25, 0.3) is 10.9 Å². The van der Waals surface area contributed by atoms with Gasteiger partial charge in [-0.15, -0.1) is 0 Å². The molecule has 0 atom stereocenters. The number of allylic oxidation sites excluding steroid dienone is 6. The van der Waals surface area contributed by atoms with Crippen molar-refractivity contribution in [1.82, 2.24) is 4.98 Å². The molecule has 22 heavy (non-hydrogen) atoms. The second-order valence-electron chi connectivity index (χ2n) is 5.60. The normalized spacial score (nSPS) is 12.5. The minimum atomic E-state index is -0.302. The van der Waals surface area contributed by atoms with Crippen LogP contribution in [0.2, 0.25) is 0 Å². The van der Waals surface area contributed by atoms with Crippen molar-refractivity contribution in [2.75, 3.05) is 0 Å². The van der Waals surface area contributed by atoms with E-state index in [2.05, 4.69) is 69.1 Å². The van der Waals surface area contributed by atoms with E-state index >= 15 is 0 Å². The molecule has 0 unspecified atom stereocenters. The number of rotatable bonds is 2. The molecule has 114 valence electrons. The van der Waals surface area contributed by atoms with E-state index in [-0.39, 0.29) is 44.0 Å². The predicted molar refractivity (Wildman–Crippen MR) is 83.0 cm³/mol. The maximum Gasteiger partial charge on any atom is -1.00 e. The minimum absolute atomic E-state index is 0. The molecule has 2 aromatic rings. The Morgan fingerprint density at radius 3 is 2.45 bits per heavy atom. The molecule has 1 heterocycles. The fourth-order valence-electron chi connectivity index (χ4n) is 2.85. The average molecular weight is 368 g/mol. The van der Waals surface area contributed by atoms with Crippen LogP contribution in [0, 0.1) is 13.8 Å². The zero-order valence-electron chi connectivity index (χ0n) is 13.2. The Morgan fingerprint density at radius 1 is 1.09 bits per heavy atom. The summed E-state index contributed by atoms with van der Waals surface area (Å²) in [7, 11) is 0. The third-order valence-corrected chi connectivity index (χ3v) is 6.17. The fourth-order valence-corrected chi connectivity index (χ4v) is 5.08. The number of halogens is 2. The van der Waals surface area contributed by atoms with Gasteiger partial charge in [-0.05, 0) is 0 Å². The number of benzene rings is 1. The molecule has 3 rings (SSSR count). The van der Waals surface area contributed by atoms with Gasteiger partial charge in [-0.2, -0.15) is 0 Å². The van der Waals surface area contributed by atoms with Gasteiger partial charge in [0.25, 0.3) is 0 Å². The predicted octanol–water partition coefficient (Wildman–Crippen LogP) is -1.71. The van der Waals surface area contributed by atoms with Gasteiger partial charge in [0.15, 0.2) is 0 Å². The number of fused-ring (bicyclic) bond motifs is 1. The first kappa shape index (κ1) is 19.3. The van der Waals surface area contributed by atoms with Crippen LogP contribution in [0.4, 0.5) is 0 Å². The Balaban J connectivity index is 0.00000121. The summed E-state index contributed by atoms with van der Waals surface area (Å²) in [5, 5.41) is 1.41. The Hall–Kier alpha value is -0.726. The number of H-pyrrole nitrogens is 1. The maximum atomic E-state index is 3.66. The molecule has 0 radical (unpaired) electrons. The SMILES string of the molecule is CC(C)=C1C=CC=[C]1[Ti+2][c]1[nH]c2cccc(C)c2c1C.[Cl-].[Cl-]. The van der Waals surface area contributed by atoms with E-state index in [1.54, 1.807) is 0 Å². The summed E-state index contributed by atoms with van der Waals surface area (Å²) in [5.41, 5.74) is 6.96. The van der Waals surface area contributed by atoms with Crippen LogP contribution >= 0.6 is 0 Å². The molecule has 1 aromatic heterocycles. The van der Waals surface area contributed by atoms with E-state index in [1.165, 1.54) is 41.1 Å². The van der Waals surface area contributed by atoms with E-state index in [9.17, 15) is 0 Å². The van der Waals surface area contributed by atoms with Crippen LogP contribution in [0.1, 0.15) is 25.0 Å². The number of hydrogen-bond donors (Lipinski definition) is 1. The van der Waals surface area contributed by atoms with Gasteiger partial charge in [-0.3, -0.25) is 0 Å². The maximum absolute atomic E-state index is 3.66. The zero-order chi connectivity index (χ0) is 14.3. The average Bonchev–Trinajstić information content (AvgIpc) is 2.97. The summed E-state index contributed by atoms with van der Waals surface area (Å²) < 4.78 is 3.00.